The lowest BCUT2D eigenvalue weighted by Crippen LogP contribution is -2.09. The van der Waals surface area contributed by atoms with Gasteiger partial charge >= 0.3 is 11.9 Å². The van der Waals surface area contributed by atoms with Crippen molar-refractivity contribution in [3.63, 3.8) is 0 Å². The molecule has 0 saturated heterocycles. The van der Waals surface area contributed by atoms with E-state index in [-0.39, 0.29) is 0 Å². The summed E-state index contributed by atoms with van der Waals surface area (Å²) >= 11 is 14.7. The van der Waals surface area contributed by atoms with Gasteiger partial charge in [0.2, 0.25) is 0 Å². The summed E-state index contributed by atoms with van der Waals surface area (Å²) in [6, 6.07) is 0. The number of hydrogen-bond acceptors (Lipinski definition) is 4. The van der Waals surface area contributed by atoms with Gasteiger partial charge in [-0.1, -0.05) is 13.2 Å². The summed E-state index contributed by atoms with van der Waals surface area (Å²) in [5.74, 6) is -0.149. The van der Waals surface area contributed by atoms with Crippen molar-refractivity contribution in [2.45, 2.75) is 27.7 Å². The Labute approximate surface area is 209 Å². The Bertz CT molecular complexity index is 958. The van der Waals surface area contributed by atoms with Gasteiger partial charge < -0.3 is 9.47 Å². The van der Waals surface area contributed by atoms with Crippen LogP contribution in [-0.4, -0.2) is 11.9 Å². The van der Waals surface area contributed by atoms with E-state index in [0.717, 1.165) is 63.4 Å². The molecule has 0 atom stereocenters. The summed E-state index contributed by atoms with van der Waals surface area (Å²) < 4.78 is 13.9. The Kier molecular flexibility index (Phi) is 8.29. The molecule has 0 amide bonds. The van der Waals surface area contributed by atoms with E-state index in [1.807, 2.05) is 27.7 Å². The first kappa shape index (κ1) is 25.0. The monoisotopic (exact) mass is 662 g/mol. The van der Waals surface area contributed by atoms with Gasteiger partial charge in [-0.15, -0.1) is 0 Å². The van der Waals surface area contributed by atoms with Crippen molar-refractivity contribution in [2.75, 3.05) is 0 Å². The number of halogens is 4. The maximum Gasteiger partial charge on any atom is 0.335 e. The lowest BCUT2D eigenvalue weighted by molar-refractivity contribution is -0.129. The van der Waals surface area contributed by atoms with Crippen molar-refractivity contribution in [1.82, 2.24) is 0 Å². The topological polar surface area (TPSA) is 52.6 Å². The molecule has 0 heterocycles. The predicted octanol–water partition coefficient (Wildman–Crippen LogP) is 7.82. The number of hydrogen-bond donors (Lipinski definition) is 0. The van der Waals surface area contributed by atoms with Gasteiger partial charge in [-0.25, -0.2) is 9.59 Å². The Hall–Kier alpha value is -1.22. The number of esters is 2. The van der Waals surface area contributed by atoms with Crippen LogP contribution in [0.15, 0.2) is 43.2 Å². The normalized spacial score (nSPS) is 10.5. The second-order valence-corrected chi connectivity index (χ2v) is 9.59. The van der Waals surface area contributed by atoms with Crippen molar-refractivity contribution in [3.8, 4) is 22.6 Å². The smallest absolute Gasteiger partial charge is 0.335 e. The van der Waals surface area contributed by atoms with Gasteiger partial charge in [0, 0.05) is 63.4 Å². The van der Waals surface area contributed by atoms with E-state index in [1.54, 1.807) is 0 Å². The highest BCUT2D eigenvalue weighted by Crippen LogP contribution is 2.52. The third-order valence-corrected chi connectivity index (χ3v) is 8.51. The van der Waals surface area contributed by atoms with Crippen molar-refractivity contribution >= 4 is 75.7 Å². The van der Waals surface area contributed by atoms with E-state index in [4.69, 9.17) is 9.47 Å². The van der Waals surface area contributed by atoms with E-state index in [0.29, 0.717) is 11.5 Å². The summed E-state index contributed by atoms with van der Waals surface area (Å²) in [6.45, 7) is 14.3. The quantitative estimate of drug-likeness (QED) is 0.186. The van der Waals surface area contributed by atoms with Crippen LogP contribution in [0.3, 0.4) is 0 Å². The van der Waals surface area contributed by atoms with Gasteiger partial charge in [-0.3, -0.25) is 0 Å². The number of carbonyl (C=O) groups excluding carboxylic acids is 2. The zero-order chi connectivity index (χ0) is 22.9. The van der Waals surface area contributed by atoms with Gasteiger partial charge in [0.05, 0.1) is 0 Å². The lowest BCUT2D eigenvalue weighted by Gasteiger charge is -2.22. The summed E-state index contributed by atoms with van der Waals surface area (Å²) in [7, 11) is 0. The Morgan fingerprint density at radius 1 is 0.633 bits per heavy atom. The molecule has 0 aromatic heterocycles. The maximum absolute atomic E-state index is 11.8. The molecule has 2 aromatic carbocycles. The highest BCUT2D eigenvalue weighted by molar-refractivity contribution is 9.11. The minimum Gasteiger partial charge on any atom is -0.423 e. The maximum atomic E-state index is 11.8. The average molecular weight is 666 g/mol. The van der Waals surface area contributed by atoms with E-state index < -0.39 is 11.9 Å². The number of benzene rings is 2. The van der Waals surface area contributed by atoms with Crippen LogP contribution in [0, 0.1) is 27.7 Å². The molecule has 158 valence electrons. The summed E-state index contributed by atoms with van der Waals surface area (Å²) in [4.78, 5) is 23.6. The molecule has 0 saturated carbocycles. The van der Waals surface area contributed by atoms with Crippen LogP contribution in [-0.2, 0) is 9.59 Å². The average Bonchev–Trinajstić information content (AvgIpc) is 2.73. The molecule has 4 nitrogen and oxygen atoms in total. The lowest BCUT2D eigenvalue weighted by atomic mass is 9.96. The molecule has 2 rings (SSSR count). The first-order valence-corrected chi connectivity index (χ1v) is 11.8. The number of carbonyl (C=O) groups is 2. The first-order valence-electron chi connectivity index (χ1n) is 8.62. The predicted molar refractivity (Wildman–Crippen MR) is 133 cm³/mol. The van der Waals surface area contributed by atoms with Crippen LogP contribution in [0.4, 0.5) is 0 Å². The summed E-state index contributed by atoms with van der Waals surface area (Å²) in [5.41, 5.74) is 4.76. The van der Waals surface area contributed by atoms with E-state index in [9.17, 15) is 9.59 Å². The fraction of sp³-hybridized carbons (Fsp3) is 0.182. The molecule has 0 aliphatic heterocycles. The minimum absolute atomic E-state index is 0.458. The molecule has 0 spiro atoms. The van der Waals surface area contributed by atoms with E-state index in [2.05, 4.69) is 76.9 Å². The SMILES string of the molecule is C=CC(=O)Oc1c(C)c(Br)c(-c2c(Br)c(C)c(OC(=O)C=C)c(C)c2Br)c(Br)c1C. The summed E-state index contributed by atoms with van der Waals surface area (Å²) in [5, 5.41) is 0. The van der Waals surface area contributed by atoms with Crippen LogP contribution < -0.4 is 9.47 Å². The Balaban J connectivity index is 2.86. The van der Waals surface area contributed by atoms with E-state index in [1.165, 1.54) is 0 Å². The van der Waals surface area contributed by atoms with Crippen LogP contribution in [0.5, 0.6) is 11.5 Å². The van der Waals surface area contributed by atoms with E-state index >= 15 is 0 Å². The molecular formula is C22H18Br4O4. The zero-order valence-corrected chi connectivity index (χ0v) is 23.1. The molecule has 0 radical (unpaired) electrons. The highest BCUT2D eigenvalue weighted by atomic mass is 79.9. The molecule has 8 heteroatoms. The molecule has 2 aromatic rings. The van der Waals surface area contributed by atoms with Crippen LogP contribution in [0.1, 0.15) is 22.3 Å². The van der Waals surface area contributed by atoms with Gasteiger partial charge in [-0.05, 0) is 91.4 Å². The third-order valence-electron chi connectivity index (χ3n) is 4.55. The molecule has 0 N–H and O–H groups in total. The third kappa shape index (κ3) is 4.52. The molecule has 30 heavy (non-hydrogen) atoms. The Morgan fingerprint density at radius 2 is 0.867 bits per heavy atom. The Morgan fingerprint density at radius 3 is 1.07 bits per heavy atom. The van der Waals surface area contributed by atoms with Gasteiger partial charge in [-0.2, -0.15) is 0 Å². The van der Waals surface area contributed by atoms with Crippen LogP contribution in [0.25, 0.3) is 11.1 Å². The molecule has 0 fully saturated rings. The van der Waals surface area contributed by atoms with Crippen molar-refractivity contribution < 1.29 is 19.1 Å². The van der Waals surface area contributed by atoms with Gasteiger partial charge in [0.25, 0.3) is 0 Å². The second kappa shape index (κ2) is 9.94. The second-order valence-electron chi connectivity index (χ2n) is 6.41. The first-order chi connectivity index (χ1) is 14.0. The standard InChI is InChI=1S/C22H18Br4O4/c1-7-13(27)29-21-9(3)17(23)15(18(24)10(21)4)16-19(25)11(5)22(12(6)20(16)26)30-14(28)8-2/h7-8H,1-2H2,3-6H3. The number of ether oxygens (including phenoxy) is 2. The zero-order valence-electron chi connectivity index (χ0n) is 16.7. The largest absolute Gasteiger partial charge is 0.423 e. The molecule has 0 aliphatic rings. The van der Waals surface area contributed by atoms with Crippen molar-refractivity contribution in [2.24, 2.45) is 0 Å². The molecule has 0 bridgehead atoms. The minimum atomic E-state index is -0.532. The van der Waals surface area contributed by atoms with Gasteiger partial charge in [0.1, 0.15) is 11.5 Å². The number of rotatable bonds is 5. The molecular weight excluding hydrogens is 648 g/mol. The molecule has 0 unspecified atom stereocenters. The van der Waals surface area contributed by atoms with Crippen molar-refractivity contribution in [1.29, 1.82) is 0 Å². The summed E-state index contributed by atoms with van der Waals surface area (Å²) in [6.07, 6.45) is 2.25. The van der Waals surface area contributed by atoms with Crippen LogP contribution in [0.2, 0.25) is 0 Å². The fourth-order valence-electron chi connectivity index (χ4n) is 2.93. The highest BCUT2D eigenvalue weighted by Gasteiger charge is 2.27. The van der Waals surface area contributed by atoms with Crippen molar-refractivity contribution in [3.05, 3.63) is 65.5 Å². The van der Waals surface area contributed by atoms with Crippen LogP contribution >= 0.6 is 63.7 Å². The molecule has 0 aliphatic carbocycles. The van der Waals surface area contributed by atoms with Gasteiger partial charge in [0.15, 0.2) is 0 Å². The fourth-order valence-corrected chi connectivity index (χ4v) is 5.77.